The first kappa shape index (κ1) is 17.5. The zero-order chi connectivity index (χ0) is 19.0. The minimum Gasteiger partial charge on any atom is -0.357 e. The van der Waals surface area contributed by atoms with E-state index in [1.165, 1.54) is 19.3 Å². The summed E-state index contributed by atoms with van der Waals surface area (Å²) in [5, 5.41) is 8.15. The van der Waals surface area contributed by atoms with Crippen LogP contribution in [0, 0.1) is 13.8 Å². The van der Waals surface area contributed by atoms with Crippen molar-refractivity contribution in [3.63, 3.8) is 0 Å². The summed E-state index contributed by atoms with van der Waals surface area (Å²) in [6.07, 6.45) is 5.44. The van der Waals surface area contributed by atoms with Gasteiger partial charge in [-0.25, -0.2) is 9.97 Å². The maximum atomic E-state index is 12.9. The number of amides is 1. The Morgan fingerprint density at radius 1 is 1.15 bits per heavy atom. The monoisotopic (exact) mass is 364 g/mol. The fourth-order valence-electron chi connectivity index (χ4n) is 3.72. The van der Waals surface area contributed by atoms with E-state index in [2.05, 4.69) is 25.3 Å². The second-order valence-corrected chi connectivity index (χ2v) is 7.13. The Morgan fingerprint density at radius 2 is 1.93 bits per heavy atom. The zero-order valence-electron chi connectivity index (χ0n) is 16.0. The van der Waals surface area contributed by atoms with Crippen LogP contribution >= 0.6 is 0 Å². The van der Waals surface area contributed by atoms with E-state index in [4.69, 9.17) is 0 Å². The van der Waals surface area contributed by atoms with Crippen molar-refractivity contribution >= 4 is 28.4 Å². The maximum Gasteiger partial charge on any atom is 0.256 e. The van der Waals surface area contributed by atoms with Gasteiger partial charge < -0.3 is 10.2 Å². The highest BCUT2D eigenvalue weighted by Gasteiger charge is 2.18. The fourth-order valence-corrected chi connectivity index (χ4v) is 3.72. The van der Waals surface area contributed by atoms with Gasteiger partial charge in [-0.05, 0) is 51.3 Å². The number of anilines is 2. The van der Waals surface area contributed by atoms with Gasteiger partial charge in [0.25, 0.3) is 5.91 Å². The quantitative estimate of drug-likeness (QED) is 0.772. The van der Waals surface area contributed by atoms with Gasteiger partial charge in [0.2, 0.25) is 0 Å². The highest BCUT2D eigenvalue weighted by molar-refractivity contribution is 6.12. The van der Waals surface area contributed by atoms with Crippen LogP contribution in [0.2, 0.25) is 0 Å². The molecule has 4 rings (SSSR count). The lowest BCUT2D eigenvalue weighted by Crippen LogP contribution is -2.30. The molecule has 3 aromatic rings. The van der Waals surface area contributed by atoms with Crippen molar-refractivity contribution in [3.8, 4) is 0 Å². The molecule has 1 aliphatic rings. The number of fused-ring (bicyclic) bond motifs is 1. The minimum absolute atomic E-state index is 0.172. The molecule has 0 radical (unpaired) electrons. The molecule has 0 saturated carbocycles. The molecule has 140 valence electrons. The number of carbonyl (C=O) groups excluding carboxylic acids is 1. The molecular weight excluding hydrogens is 340 g/mol. The Hall–Kier alpha value is -2.96. The highest BCUT2D eigenvalue weighted by atomic mass is 16.1. The molecule has 0 aromatic carbocycles. The van der Waals surface area contributed by atoms with Crippen molar-refractivity contribution in [2.24, 2.45) is 7.05 Å². The molecule has 7 nitrogen and oxygen atoms in total. The van der Waals surface area contributed by atoms with Gasteiger partial charge in [-0.1, -0.05) is 0 Å². The Morgan fingerprint density at radius 3 is 2.63 bits per heavy atom. The van der Waals surface area contributed by atoms with Gasteiger partial charge in [-0.3, -0.25) is 9.48 Å². The first-order valence-corrected chi connectivity index (χ1v) is 9.36. The molecule has 0 aliphatic carbocycles. The molecular formula is C20H24N6O. The van der Waals surface area contributed by atoms with Crippen LogP contribution in [-0.4, -0.2) is 38.7 Å². The van der Waals surface area contributed by atoms with E-state index in [1.807, 2.05) is 39.1 Å². The normalized spacial score (nSPS) is 14.6. The second kappa shape index (κ2) is 6.98. The van der Waals surface area contributed by atoms with Crippen LogP contribution in [0.4, 0.5) is 11.5 Å². The van der Waals surface area contributed by atoms with E-state index in [1.54, 1.807) is 10.9 Å². The van der Waals surface area contributed by atoms with Crippen LogP contribution in [0.5, 0.6) is 0 Å². The lowest BCUT2D eigenvalue weighted by Gasteiger charge is -2.27. The largest absolute Gasteiger partial charge is 0.357 e. The number of aryl methyl sites for hydroxylation is 3. The molecule has 0 spiro atoms. The fraction of sp³-hybridized carbons (Fsp3) is 0.400. The summed E-state index contributed by atoms with van der Waals surface area (Å²) in [4.78, 5) is 24.3. The number of nitrogens with zero attached hydrogens (tertiary/aromatic N) is 5. The number of aromatic nitrogens is 4. The average Bonchev–Trinajstić information content (AvgIpc) is 2.96. The minimum atomic E-state index is -0.172. The molecule has 1 amide bonds. The standard InChI is InChI=1S/C20H24N6O/c1-13-11-16(18-14(2)24-25(3)19(18)22-13)20(27)23-15-7-8-17(21-12-15)26-9-5-4-6-10-26/h7-8,11-12H,4-6,9-10H2,1-3H3,(H,23,27). The van der Waals surface area contributed by atoms with Gasteiger partial charge in [0, 0.05) is 25.8 Å². The Kier molecular flexibility index (Phi) is 4.51. The van der Waals surface area contributed by atoms with Crippen molar-refractivity contribution in [2.45, 2.75) is 33.1 Å². The number of hydrogen-bond donors (Lipinski definition) is 1. The maximum absolute atomic E-state index is 12.9. The SMILES string of the molecule is Cc1cc(C(=O)Nc2ccc(N3CCCCC3)nc2)c2c(C)nn(C)c2n1. The van der Waals surface area contributed by atoms with Crippen molar-refractivity contribution < 1.29 is 4.79 Å². The van der Waals surface area contributed by atoms with Crippen LogP contribution in [0.3, 0.4) is 0 Å². The summed E-state index contributed by atoms with van der Waals surface area (Å²) in [7, 11) is 1.84. The Bertz CT molecular complexity index is 986. The number of nitrogens with one attached hydrogen (secondary N) is 1. The third kappa shape index (κ3) is 3.37. The Balaban J connectivity index is 1.58. The predicted octanol–water partition coefficient (Wildman–Crippen LogP) is 3.22. The lowest BCUT2D eigenvalue weighted by molar-refractivity contribution is 0.102. The molecule has 1 saturated heterocycles. The van der Waals surface area contributed by atoms with Gasteiger partial charge in [0.1, 0.15) is 5.82 Å². The molecule has 1 aliphatic heterocycles. The molecule has 27 heavy (non-hydrogen) atoms. The second-order valence-electron chi connectivity index (χ2n) is 7.13. The number of carbonyl (C=O) groups is 1. The summed E-state index contributed by atoms with van der Waals surface area (Å²) in [5.74, 6) is 0.798. The van der Waals surface area contributed by atoms with Crippen LogP contribution in [-0.2, 0) is 7.05 Å². The molecule has 0 bridgehead atoms. The molecule has 4 heterocycles. The lowest BCUT2D eigenvalue weighted by atomic mass is 10.1. The van der Waals surface area contributed by atoms with Gasteiger partial charge >= 0.3 is 0 Å². The third-order valence-corrected chi connectivity index (χ3v) is 5.03. The smallest absolute Gasteiger partial charge is 0.256 e. The van der Waals surface area contributed by atoms with E-state index in [9.17, 15) is 4.79 Å². The first-order chi connectivity index (χ1) is 13.0. The van der Waals surface area contributed by atoms with Gasteiger partial charge in [-0.15, -0.1) is 0 Å². The van der Waals surface area contributed by atoms with Crippen LogP contribution < -0.4 is 10.2 Å². The molecule has 0 unspecified atom stereocenters. The van der Waals surface area contributed by atoms with Crippen molar-refractivity contribution in [3.05, 3.63) is 41.3 Å². The van der Waals surface area contributed by atoms with Crippen molar-refractivity contribution in [2.75, 3.05) is 23.3 Å². The molecule has 0 atom stereocenters. The van der Waals surface area contributed by atoms with E-state index < -0.39 is 0 Å². The number of hydrogen-bond acceptors (Lipinski definition) is 5. The summed E-state index contributed by atoms with van der Waals surface area (Å²) in [6, 6.07) is 5.70. The van der Waals surface area contributed by atoms with Gasteiger partial charge in [0.05, 0.1) is 28.5 Å². The van der Waals surface area contributed by atoms with Gasteiger partial charge in [-0.2, -0.15) is 5.10 Å². The van der Waals surface area contributed by atoms with Gasteiger partial charge in [0.15, 0.2) is 5.65 Å². The number of pyridine rings is 2. The predicted molar refractivity (Wildman–Crippen MR) is 106 cm³/mol. The molecule has 1 N–H and O–H groups in total. The van der Waals surface area contributed by atoms with E-state index in [0.29, 0.717) is 11.3 Å². The van der Waals surface area contributed by atoms with E-state index in [0.717, 1.165) is 41.3 Å². The number of piperidine rings is 1. The summed E-state index contributed by atoms with van der Waals surface area (Å²) >= 11 is 0. The van der Waals surface area contributed by atoms with Crippen LogP contribution in [0.25, 0.3) is 11.0 Å². The summed E-state index contributed by atoms with van der Waals surface area (Å²) in [6.45, 7) is 5.87. The highest BCUT2D eigenvalue weighted by Crippen LogP contribution is 2.23. The molecule has 1 fully saturated rings. The summed E-state index contributed by atoms with van der Waals surface area (Å²) in [5.41, 5.74) is 3.57. The number of rotatable bonds is 3. The van der Waals surface area contributed by atoms with Crippen LogP contribution in [0.15, 0.2) is 24.4 Å². The summed E-state index contributed by atoms with van der Waals surface area (Å²) < 4.78 is 1.71. The van der Waals surface area contributed by atoms with Crippen molar-refractivity contribution in [1.29, 1.82) is 0 Å². The Labute approximate surface area is 158 Å². The van der Waals surface area contributed by atoms with Crippen molar-refractivity contribution in [1.82, 2.24) is 19.7 Å². The van der Waals surface area contributed by atoms with E-state index in [-0.39, 0.29) is 5.91 Å². The van der Waals surface area contributed by atoms with E-state index >= 15 is 0 Å². The first-order valence-electron chi connectivity index (χ1n) is 9.36. The topological polar surface area (TPSA) is 75.9 Å². The molecule has 3 aromatic heterocycles. The zero-order valence-corrected chi connectivity index (χ0v) is 16.0. The molecule has 7 heteroatoms. The third-order valence-electron chi connectivity index (χ3n) is 5.03. The average molecular weight is 364 g/mol. The van der Waals surface area contributed by atoms with Crippen LogP contribution in [0.1, 0.15) is 41.0 Å².